The Morgan fingerprint density at radius 2 is 2.00 bits per heavy atom. The number of fused-ring (bicyclic) bond motifs is 1. The van der Waals surface area contributed by atoms with Crippen LogP contribution in [0.4, 0.5) is 5.69 Å². The third-order valence-electron chi connectivity index (χ3n) is 6.64. The number of hydrogen-bond donors (Lipinski definition) is 1. The van der Waals surface area contributed by atoms with Gasteiger partial charge in [0.25, 0.3) is 5.91 Å². The molecule has 0 unspecified atom stereocenters. The van der Waals surface area contributed by atoms with E-state index in [1.54, 1.807) is 6.07 Å². The fourth-order valence-corrected chi connectivity index (χ4v) is 4.63. The molecule has 2 aliphatic heterocycles. The van der Waals surface area contributed by atoms with Crippen molar-refractivity contribution in [1.82, 2.24) is 15.1 Å². The van der Waals surface area contributed by atoms with Crippen molar-refractivity contribution < 1.29 is 9.53 Å². The van der Waals surface area contributed by atoms with Crippen molar-refractivity contribution in [3.63, 3.8) is 0 Å². The van der Waals surface area contributed by atoms with E-state index in [1.807, 2.05) is 18.2 Å². The van der Waals surface area contributed by atoms with Gasteiger partial charge < -0.3 is 15.0 Å². The second kappa shape index (κ2) is 7.17. The molecule has 1 amide bonds. The molecule has 5 rings (SSSR count). The molecule has 146 valence electrons. The van der Waals surface area contributed by atoms with E-state index in [-0.39, 0.29) is 11.5 Å². The number of nitrogens with zero attached hydrogens (tertiary/aromatic N) is 3. The molecule has 0 radical (unpaired) electrons. The highest BCUT2D eigenvalue weighted by Crippen LogP contribution is 2.41. The molecule has 2 aromatic rings. The Balaban J connectivity index is 1.24. The average Bonchev–Trinajstić information content (AvgIpc) is 2.69. The zero-order valence-corrected chi connectivity index (χ0v) is 16.1. The van der Waals surface area contributed by atoms with Crippen LogP contribution in [-0.2, 0) is 6.42 Å². The number of ether oxygens (including phenoxy) is 1. The van der Waals surface area contributed by atoms with Crippen molar-refractivity contribution in [2.24, 2.45) is 0 Å². The quantitative estimate of drug-likeness (QED) is 0.886. The highest BCUT2D eigenvalue weighted by atomic mass is 16.5. The summed E-state index contributed by atoms with van der Waals surface area (Å²) < 4.78 is 6.53. The molecule has 0 bridgehead atoms. The summed E-state index contributed by atoms with van der Waals surface area (Å²) in [5, 5.41) is 10.4. The second-order valence-electron chi connectivity index (χ2n) is 8.31. The lowest BCUT2D eigenvalue weighted by Gasteiger charge is -2.48. The second-order valence-corrected chi connectivity index (χ2v) is 8.31. The van der Waals surface area contributed by atoms with Gasteiger partial charge >= 0.3 is 0 Å². The maximum Gasteiger partial charge on any atom is 0.257 e. The van der Waals surface area contributed by atoms with E-state index in [0.717, 1.165) is 56.3 Å². The van der Waals surface area contributed by atoms with Crippen LogP contribution in [0.15, 0.2) is 36.7 Å². The topological polar surface area (TPSA) is 67.4 Å². The number of nitrogens with one attached hydrogen (secondary N) is 1. The highest BCUT2D eigenvalue weighted by Gasteiger charge is 2.41. The molecule has 1 aliphatic carbocycles. The van der Waals surface area contributed by atoms with E-state index >= 15 is 0 Å². The third kappa shape index (κ3) is 3.37. The first-order valence-corrected chi connectivity index (χ1v) is 10.3. The number of carbonyl (C=O) groups is 1. The van der Waals surface area contributed by atoms with Crippen LogP contribution in [0.3, 0.4) is 0 Å². The summed E-state index contributed by atoms with van der Waals surface area (Å²) in [5.41, 5.74) is 2.47. The van der Waals surface area contributed by atoms with Gasteiger partial charge in [0, 0.05) is 24.8 Å². The Labute approximate surface area is 165 Å². The van der Waals surface area contributed by atoms with Crippen molar-refractivity contribution in [1.29, 1.82) is 0 Å². The molecule has 0 atom stereocenters. The lowest BCUT2D eigenvalue weighted by Crippen LogP contribution is -2.53. The molecule has 1 aromatic carbocycles. The normalized spacial score (nSPS) is 21.4. The zero-order valence-electron chi connectivity index (χ0n) is 16.1. The van der Waals surface area contributed by atoms with E-state index in [2.05, 4.69) is 20.4 Å². The fourth-order valence-electron chi connectivity index (χ4n) is 4.63. The minimum atomic E-state index is -0.175. The molecule has 6 nitrogen and oxygen atoms in total. The lowest BCUT2D eigenvalue weighted by molar-refractivity contribution is -0.0336. The SMILES string of the molecule is O=C(Nc1ccc2c(c1)CCC1(CCN(C3CCC3)CC1)O2)c1ccnnc1. The Morgan fingerprint density at radius 1 is 1.14 bits per heavy atom. The number of amides is 1. The van der Waals surface area contributed by atoms with Gasteiger partial charge in [0.15, 0.2) is 0 Å². The number of rotatable bonds is 3. The van der Waals surface area contributed by atoms with Crippen molar-refractivity contribution in [3.05, 3.63) is 47.8 Å². The summed E-state index contributed by atoms with van der Waals surface area (Å²) in [4.78, 5) is 15.0. The lowest BCUT2D eigenvalue weighted by atomic mass is 9.81. The summed E-state index contributed by atoms with van der Waals surface area (Å²) in [5.74, 6) is 0.804. The average molecular weight is 378 g/mol. The number of piperidine rings is 1. The van der Waals surface area contributed by atoms with Crippen LogP contribution in [0.2, 0.25) is 0 Å². The van der Waals surface area contributed by atoms with Gasteiger partial charge in [0.1, 0.15) is 11.4 Å². The molecule has 6 heteroatoms. The van der Waals surface area contributed by atoms with Crippen LogP contribution in [0.25, 0.3) is 0 Å². The van der Waals surface area contributed by atoms with Crippen LogP contribution >= 0.6 is 0 Å². The van der Waals surface area contributed by atoms with E-state index in [0.29, 0.717) is 5.56 Å². The minimum absolute atomic E-state index is 0.000714. The summed E-state index contributed by atoms with van der Waals surface area (Å²) in [7, 11) is 0. The molecule has 3 heterocycles. The van der Waals surface area contributed by atoms with Crippen LogP contribution in [-0.4, -0.2) is 45.7 Å². The smallest absolute Gasteiger partial charge is 0.257 e. The van der Waals surface area contributed by atoms with Gasteiger partial charge in [0.2, 0.25) is 0 Å². The summed E-state index contributed by atoms with van der Waals surface area (Å²) in [6.45, 7) is 2.32. The molecule has 1 N–H and O–H groups in total. The fraction of sp³-hybridized carbons (Fsp3) is 0.500. The number of hydrogen-bond acceptors (Lipinski definition) is 5. The van der Waals surface area contributed by atoms with Crippen molar-refractivity contribution >= 4 is 11.6 Å². The van der Waals surface area contributed by atoms with Gasteiger partial charge in [-0.1, -0.05) is 6.42 Å². The Morgan fingerprint density at radius 3 is 2.71 bits per heavy atom. The van der Waals surface area contributed by atoms with Crippen molar-refractivity contribution in [2.75, 3.05) is 18.4 Å². The molecule has 1 spiro atoms. The van der Waals surface area contributed by atoms with Gasteiger partial charge in [-0.3, -0.25) is 4.79 Å². The van der Waals surface area contributed by atoms with Crippen LogP contribution < -0.4 is 10.1 Å². The van der Waals surface area contributed by atoms with Crippen molar-refractivity contribution in [3.8, 4) is 5.75 Å². The molecular formula is C22H26N4O2. The number of aryl methyl sites for hydroxylation is 1. The summed E-state index contributed by atoms with van der Waals surface area (Å²) >= 11 is 0. The molecule has 28 heavy (non-hydrogen) atoms. The number of aromatic nitrogens is 2. The van der Waals surface area contributed by atoms with E-state index < -0.39 is 0 Å². The first kappa shape index (κ1) is 17.6. The third-order valence-corrected chi connectivity index (χ3v) is 6.64. The zero-order chi connectivity index (χ0) is 19.0. The van der Waals surface area contributed by atoms with E-state index in [9.17, 15) is 4.79 Å². The molecule has 1 saturated carbocycles. The first-order valence-electron chi connectivity index (χ1n) is 10.3. The summed E-state index contributed by atoms with van der Waals surface area (Å²) in [6, 6.07) is 8.46. The Kier molecular flexibility index (Phi) is 4.51. The maximum atomic E-state index is 12.3. The van der Waals surface area contributed by atoms with Crippen LogP contribution in [0, 0.1) is 0 Å². The van der Waals surface area contributed by atoms with Crippen LogP contribution in [0.5, 0.6) is 5.75 Å². The molecular weight excluding hydrogens is 352 g/mol. The van der Waals surface area contributed by atoms with Gasteiger partial charge in [-0.25, -0.2) is 0 Å². The number of benzene rings is 1. The highest BCUT2D eigenvalue weighted by molar-refractivity contribution is 6.04. The summed E-state index contributed by atoms with van der Waals surface area (Å²) in [6.07, 6.45) is 11.4. The minimum Gasteiger partial charge on any atom is -0.487 e. The number of carbonyl (C=O) groups excluding carboxylic acids is 1. The molecule has 2 fully saturated rings. The maximum absolute atomic E-state index is 12.3. The predicted octanol–water partition coefficient (Wildman–Crippen LogP) is 3.44. The Bertz CT molecular complexity index is 858. The van der Waals surface area contributed by atoms with Crippen molar-refractivity contribution in [2.45, 2.75) is 56.6 Å². The van der Waals surface area contributed by atoms with Gasteiger partial charge in [0.05, 0.1) is 18.0 Å². The standard InChI is InChI=1S/C22H26N4O2/c27-21(17-7-11-23-24-15-17)25-18-4-5-20-16(14-18)6-8-22(28-20)9-12-26(13-10-22)19-2-1-3-19/h4-5,7,11,14-15,19H,1-3,6,8-10,12-13H2,(H,25,27). The number of anilines is 1. The molecule has 3 aliphatic rings. The largest absolute Gasteiger partial charge is 0.487 e. The van der Waals surface area contributed by atoms with Gasteiger partial charge in [-0.15, -0.1) is 0 Å². The van der Waals surface area contributed by atoms with Gasteiger partial charge in [-0.05, 0) is 68.4 Å². The van der Waals surface area contributed by atoms with E-state index in [1.165, 1.54) is 37.2 Å². The first-order chi connectivity index (χ1) is 13.7. The molecule has 1 saturated heterocycles. The molecule has 1 aromatic heterocycles. The van der Waals surface area contributed by atoms with Crippen LogP contribution in [0.1, 0.15) is 54.4 Å². The monoisotopic (exact) mass is 378 g/mol. The van der Waals surface area contributed by atoms with E-state index in [4.69, 9.17) is 4.74 Å². The van der Waals surface area contributed by atoms with Gasteiger partial charge in [-0.2, -0.15) is 10.2 Å². The Hall–Kier alpha value is -2.47. The predicted molar refractivity (Wildman–Crippen MR) is 107 cm³/mol. The number of likely N-dealkylation sites (tertiary alicyclic amines) is 1.